The first-order valence-electron chi connectivity index (χ1n) is 11.6. The van der Waals surface area contributed by atoms with Gasteiger partial charge in [-0.25, -0.2) is 4.79 Å². The zero-order valence-electron chi connectivity index (χ0n) is 19.0. The van der Waals surface area contributed by atoms with Gasteiger partial charge in [-0.05, 0) is 34.6 Å². The fourth-order valence-corrected chi connectivity index (χ4v) is 5.83. The van der Waals surface area contributed by atoms with E-state index >= 15 is 0 Å². The minimum Gasteiger partial charge on any atom is -0.481 e. The summed E-state index contributed by atoms with van der Waals surface area (Å²) in [5.41, 5.74) is 4.83. The van der Waals surface area contributed by atoms with Crippen LogP contribution < -0.4 is 5.32 Å². The smallest absolute Gasteiger partial charge is 0.412 e. The molecule has 1 saturated carbocycles. The molecule has 35 heavy (non-hydrogen) atoms. The molecule has 1 aromatic heterocycles. The standard InChI is InChI=1S/C26H24N4O5/c1-29-21(24(31)30-12-14-10-20(30)23(14)25(32)33)11-22(28-29)27-26(34)35-13-19-17-8-4-2-6-15(17)16-7-3-5-9-18(16)19/h2-9,11,14,19-20,23H,10,12-13H2,1H3,(H,32,33)(H,27,28,34). The number of hydrogen-bond acceptors (Lipinski definition) is 5. The second kappa shape index (κ2) is 7.97. The Labute approximate surface area is 201 Å². The first-order chi connectivity index (χ1) is 16.9. The van der Waals surface area contributed by atoms with Gasteiger partial charge < -0.3 is 14.7 Å². The summed E-state index contributed by atoms with van der Waals surface area (Å²) in [5, 5.41) is 16.2. The molecule has 3 fully saturated rings. The largest absolute Gasteiger partial charge is 0.481 e. The quantitative estimate of drug-likeness (QED) is 0.589. The van der Waals surface area contributed by atoms with E-state index in [1.165, 1.54) is 10.7 Å². The SMILES string of the molecule is Cn1nc(NC(=O)OCC2c3ccccc3-c3ccccc32)cc1C(=O)N1CC2CC1C2C(=O)O. The van der Waals surface area contributed by atoms with E-state index in [1.54, 1.807) is 11.9 Å². The Hall–Kier alpha value is -4.14. The maximum absolute atomic E-state index is 13.0. The first kappa shape index (κ1) is 21.4. The minimum atomic E-state index is -0.857. The molecule has 3 heterocycles. The molecule has 0 spiro atoms. The van der Waals surface area contributed by atoms with Crippen molar-refractivity contribution in [1.29, 1.82) is 0 Å². The van der Waals surface area contributed by atoms with Crippen LogP contribution in [0.3, 0.4) is 0 Å². The fraction of sp³-hybridized carbons (Fsp3) is 0.308. The maximum Gasteiger partial charge on any atom is 0.412 e. The monoisotopic (exact) mass is 472 g/mol. The Morgan fingerprint density at radius 2 is 1.74 bits per heavy atom. The van der Waals surface area contributed by atoms with Crippen molar-refractivity contribution in [2.75, 3.05) is 18.5 Å². The molecular weight excluding hydrogens is 448 g/mol. The number of nitrogens with one attached hydrogen (secondary N) is 1. The molecule has 9 heteroatoms. The van der Waals surface area contributed by atoms with E-state index < -0.39 is 18.0 Å². The summed E-state index contributed by atoms with van der Waals surface area (Å²) >= 11 is 0. The molecule has 178 valence electrons. The topological polar surface area (TPSA) is 114 Å². The van der Waals surface area contributed by atoms with Crippen LogP contribution >= 0.6 is 0 Å². The van der Waals surface area contributed by atoms with Gasteiger partial charge in [0, 0.05) is 31.6 Å². The average molecular weight is 473 g/mol. The third-order valence-electron chi connectivity index (χ3n) is 7.52. The fourth-order valence-electron chi connectivity index (χ4n) is 5.83. The van der Waals surface area contributed by atoms with Gasteiger partial charge in [0.2, 0.25) is 0 Å². The van der Waals surface area contributed by atoms with Crippen molar-refractivity contribution >= 4 is 23.8 Å². The van der Waals surface area contributed by atoms with E-state index in [0.29, 0.717) is 13.0 Å². The van der Waals surface area contributed by atoms with Crippen LogP contribution in [0.25, 0.3) is 11.1 Å². The van der Waals surface area contributed by atoms with Gasteiger partial charge in [-0.3, -0.25) is 19.6 Å². The van der Waals surface area contributed by atoms with E-state index in [0.717, 1.165) is 22.3 Å². The van der Waals surface area contributed by atoms with E-state index in [9.17, 15) is 19.5 Å². The number of rotatable bonds is 5. The van der Waals surface area contributed by atoms with Gasteiger partial charge in [0.05, 0.1) is 5.92 Å². The summed E-state index contributed by atoms with van der Waals surface area (Å²) in [6.07, 6.45) is 0.0594. The number of aliphatic carboxylic acids is 1. The highest BCUT2D eigenvalue weighted by Gasteiger charge is 2.57. The normalized spacial score (nSPS) is 21.7. The van der Waals surface area contributed by atoms with Gasteiger partial charge in [-0.15, -0.1) is 0 Å². The molecule has 3 aromatic rings. The molecule has 4 aliphatic rings. The molecule has 9 nitrogen and oxygen atoms in total. The molecule has 0 radical (unpaired) electrons. The van der Waals surface area contributed by atoms with Crippen molar-refractivity contribution in [3.8, 4) is 11.1 Å². The number of amides is 2. The molecule has 7 rings (SSSR count). The summed E-state index contributed by atoms with van der Waals surface area (Å²) in [7, 11) is 1.62. The van der Waals surface area contributed by atoms with Crippen molar-refractivity contribution in [2.24, 2.45) is 18.9 Å². The lowest BCUT2D eigenvalue weighted by molar-refractivity contribution is -0.147. The van der Waals surface area contributed by atoms with Crippen LogP contribution in [0.4, 0.5) is 10.6 Å². The molecule has 3 atom stereocenters. The van der Waals surface area contributed by atoms with Crippen LogP contribution in [0.2, 0.25) is 0 Å². The Morgan fingerprint density at radius 3 is 2.37 bits per heavy atom. The molecule has 2 aromatic carbocycles. The summed E-state index contributed by atoms with van der Waals surface area (Å²) < 4.78 is 6.95. The lowest BCUT2D eigenvalue weighted by Gasteiger charge is -2.32. The molecule has 2 saturated heterocycles. The van der Waals surface area contributed by atoms with Gasteiger partial charge in [-0.2, -0.15) is 5.10 Å². The van der Waals surface area contributed by atoms with Crippen molar-refractivity contribution in [2.45, 2.75) is 18.4 Å². The highest BCUT2D eigenvalue weighted by atomic mass is 16.5. The Kier molecular flexibility index (Phi) is 4.87. The van der Waals surface area contributed by atoms with Crippen LogP contribution in [0.5, 0.6) is 0 Å². The number of carbonyl (C=O) groups excluding carboxylic acids is 2. The number of carboxylic acid groups (broad SMARTS) is 1. The average Bonchev–Trinajstić information content (AvgIpc) is 3.58. The molecular formula is C26H24N4O5. The second-order valence-electron chi connectivity index (χ2n) is 9.37. The number of ether oxygens (including phenoxy) is 1. The van der Waals surface area contributed by atoms with E-state index in [1.807, 2.05) is 24.3 Å². The zero-order valence-corrected chi connectivity index (χ0v) is 19.0. The van der Waals surface area contributed by atoms with Gasteiger partial charge in [0.25, 0.3) is 5.91 Å². The summed E-state index contributed by atoms with van der Waals surface area (Å²) in [4.78, 5) is 38.6. The predicted molar refractivity (Wildman–Crippen MR) is 126 cm³/mol. The van der Waals surface area contributed by atoms with Crippen LogP contribution in [0.15, 0.2) is 54.6 Å². The number of aryl methyl sites for hydroxylation is 1. The zero-order chi connectivity index (χ0) is 24.3. The van der Waals surface area contributed by atoms with Crippen LogP contribution in [-0.2, 0) is 16.6 Å². The number of aromatic nitrogens is 2. The maximum atomic E-state index is 13.0. The summed E-state index contributed by atoms with van der Waals surface area (Å²) in [5.74, 6) is -1.48. The minimum absolute atomic E-state index is 0.00750. The molecule has 2 aliphatic carbocycles. The van der Waals surface area contributed by atoms with Crippen molar-refractivity contribution < 1.29 is 24.2 Å². The molecule has 2 aliphatic heterocycles. The molecule has 2 amide bonds. The number of anilines is 1. The van der Waals surface area contributed by atoms with Crippen molar-refractivity contribution in [1.82, 2.24) is 14.7 Å². The third-order valence-corrected chi connectivity index (χ3v) is 7.52. The lowest BCUT2D eigenvalue weighted by atomic mass is 9.74. The van der Waals surface area contributed by atoms with Crippen LogP contribution in [0, 0.1) is 11.8 Å². The highest BCUT2D eigenvalue weighted by molar-refractivity contribution is 5.96. The third kappa shape index (κ3) is 3.38. The second-order valence-corrected chi connectivity index (χ2v) is 9.37. The van der Waals surface area contributed by atoms with E-state index in [-0.39, 0.29) is 41.9 Å². The number of carbonyl (C=O) groups is 3. The number of carboxylic acids is 1. The van der Waals surface area contributed by atoms with Gasteiger partial charge in [0.1, 0.15) is 12.3 Å². The first-order valence-corrected chi connectivity index (χ1v) is 11.6. The number of nitrogens with zero attached hydrogens (tertiary/aromatic N) is 3. The van der Waals surface area contributed by atoms with E-state index in [2.05, 4.69) is 34.7 Å². The van der Waals surface area contributed by atoms with Crippen LogP contribution in [0.1, 0.15) is 34.0 Å². The Bertz CT molecular complexity index is 1320. The van der Waals surface area contributed by atoms with E-state index in [4.69, 9.17) is 4.74 Å². The molecule has 2 N–H and O–H groups in total. The van der Waals surface area contributed by atoms with Gasteiger partial charge in [-0.1, -0.05) is 48.5 Å². The lowest BCUT2D eigenvalue weighted by Crippen LogP contribution is -2.45. The summed E-state index contributed by atoms with van der Waals surface area (Å²) in [6, 6.07) is 17.4. The highest BCUT2D eigenvalue weighted by Crippen LogP contribution is 2.47. The Morgan fingerprint density at radius 1 is 1.09 bits per heavy atom. The van der Waals surface area contributed by atoms with Crippen LogP contribution in [-0.4, -0.2) is 57.0 Å². The van der Waals surface area contributed by atoms with Crippen molar-refractivity contribution in [3.05, 3.63) is 71.4 Å². The molecule has 3 unspecified atom stereocenters. The molecule has 2 bridgehead atoms. The van der Waals surface area contributed by atoms with Crippen molar-refractivity contribution in [3.63, 3.8) is 0 Å². The summed E-state index contributed by atoms with van der Waals surface area (Å²) in [6.45, 7) is 0.604. The number of benzene rings is 2. The van der Waals surface area contributed by atoms with Gasteiger partial charge >= 0.3 is 12.1 Å². The predicted octanol–water partition coefficient (Wildman–Crippen LogP) is 3.33. The Balaban J connectivity index is 1.12. The van der Waals surface area contributed by atoms with Gasteiger partial charge in [0.15, 0.2) is 5.82 Å². The number of fused-ring (bicyclic) bond motifs is 4. The number of hydrogen-bond donors (Lipinski definition) is 2.